The predicted octanol–water partition coefficient (Wildman–Crippen LogP) is 1.49. The normalized spacial score (nSPS) is 20.3. The number of hydrogen-bond acceptors (Lipinski definition) is 8. The number of carboxylic acid groups (broad SMARTS) is 2. The van der Waals surface area contributed by atoms with Gasteiger partial charge in [-0.15, -0.1) is 0 Å². The highest BCUT2D eigenvalue weighted by Gasteiger charge is 2.31. The third kappa shape index (κ3) is 11.5. The summed E-state index contributed by atoms with van der Waals surface area (Å²) >= 11 is 0. The van der Waals surface area contributed by atoms with E-state index in [9.17, 15) is 4.79 Å². The summed E-state index contributed by atoms with van der Waals surface area (Å²) in [7, 11) is 0. The molecule has 37 heavy (non-hydrogen) atoms. The van der Waals surface area contributed by atoms with Crippen molar-refractivity contribution in [2.75, 3.05) is 26.3 Å². The van der Waals surface area contributed by atoms with Gasteiger partial charge in [0.15, 0.2) is 5.82 Å². The van der Waals surface area contributed by atoms with Gasteiger partial charge in [0.05, 0.1) is 12.5 Å². The van der Waals surface area contributed by atoms with E-state index >= 15 is 0 Å². The molecule has 0 spiro atoms. The smallest absolute Gasteiger partial charge is 0.300 e. The molecule has 3 heterocycles. The Labute approximate surface area is 216 Å². The average Bonchev–Trinajstić information content (AvgIpc) is 3.25. The zero-order valence-corrected chi connectivity index (χ0v) is 21.4. The van der Waals surface area contributed by atoms with E-state index in [0.717, 1.165) is 71.4 Å². The predicted molar refractivity (Wildman–Crippen MR) is 136 cm³/mol. The molecule has 1 aromatic carbocycles. The quantitative estimate of drug-likeness (QED) is 0.388. The molecular formula is C25H38N6O6. The first-order valence-corrected chi connectivity index (χ1v) is 12.4. The van der Waals surface area contributed by atoms with Crippen molar-refractivity contribution in [3.8, 4) is 11.4 Å². The van der Waals surface area contributed by atoms with Crippen LogP contribution in [0.1, 0.15) is 45.4 Å². The van der Waals surface area contributed by atoms with Crippen molar-refractivity contribution in [3.63, 3.8) is 0 Å². The first-order valence-electron chi connectivity index (χ1n) is 12.4. The highest BCUT2D eigenvalue weighted by molar-refractivity contribution is 5.78. The maximum absolute atomic E-state index is 12.9. The van der Waals surface area contributed by atoms with E-state index in [1.165, 1.54) is 0 Å². The zero-order valence-electron chi connectivity index (χ0n) is 21.4. The van der Waals surface area contributed by atoms with Crippen LogP contribution < -0.4 is 11.1 Å². The lowest BCUT2D eigenvalue weighted by Gasteiger charge is -2.35. The number of carbonyl (C=O) groups excluding carboxylic acids is 1. The lowest BCUT2D eigenvalue weighted by Crippen LogP contribution is -2.47. The first kappa shape index (κ1) is 29.9. The minimum atomic E-state index is -0.833. The number of rotatable bonds is 5. The van der Waals surface area contributed by atoms with Crippen LogP contribution in [0.4, 0.5) is 0 Å². The number of aliphatic carboxylic acids is 2. The van der Waals surface area contributed by atoms with Gasteiger partial charge in [-0.1, -0.05) is 30.3 Å². The summed E-state index contributed by atoms with van der Waals surface area (Å²) in [5.41, 5.74) is 7.24. The molecule has 6 N–H and O–H groups in total. The van der Waals surface area contributed by atoms with E-state index in [1.807, 2.05) is 30.3 Å². The van der Waals surface area contributed by atoms with Crippen LogP contribution in [0, 0.1) is 5.92 Å². The van der Waals surface area contributed by atoms with Gasteiger partial charge in [-0.3, -0.25) is 24.4 Å². The lowest BCUT2D eigenvalue weighted by atomic mass is 10.0. The second-order valence-electron chi connectivity index (χ2n) is 9.06. The summed E-state index contributed by atoms with van der Waals surface area (Å²) in [5.74, 6) is -0.360. The van der Waals surface area contributed by atoms with E-state index in [1.54, 1.807) is 0 Å². The van der Waals surface area contributed by atoms with Crippen molar-refractivity contribution in [2.24, 2.45) is 11.7 Å². The number of amides is 1. The molecule has 1 aromatic heterocycles. The summed E-state index contributed by atoms with van der Waals surface area (Å²) in [4.78, 5) is 37.8. The fourth-order valence-electron chi connectivity index (χ4n) is 4.22. The van der Waals surface area contributed by atoms with Gasteiger partial charge in [0.1, 0.15) is 5.82 Å². The Hall–Kier alpha value is -3.35. The highest BCUT2D eigenvalue weighted by atomic mass is 16.5. The van der Waals surface area contributed by atoms with Crippen LogP contribution in [-0.4, -0.2) is 86.5 Å². The molecular weight excluding hydrogens is 480 g/mol. The topological polar surface area (TPSA) is 184 Å². The third-order valence-corrected chi connectivity index (χ3v) is 5.88. The summed E-state index contributed by atoms with van der Waals surface area (Å²) in [6.45, 7) is 5.72. The monoisotopic (exact) mass is 518 g/mol. The van der Waals surface area contributed by atoms with E-state index in [2.05, 4.69) is 25.4 Å². The maximum atomic E-state index is 12.9. The molecule has 2 atom stereocenters. The second-order valence-corrected chi connectivity index (χ2v) is 9.06. The zero-order chi connectivity index (χ0) is 27.2. The van der Waals surface area contributed by atoms with Crippen LogP contribution in [0.5, 0.6) is 0 Å². The summed E-state index contributed by atoms with van der Waals surface area (Å²) in [6, 6.07) is 10.4. The number of ether oxygens (including phenoxy) is 1. The van der Waals surface area contributed by atoms with Crippen molar-refractivity contribution in [3.05, 3.63) is 36.2 Å². The van der Waals surface area contributed by atoms with Gasteiger partial charge in [-0.25, -0.2) is 4.98 Å². The number of H-pyrrole nitrogens is 1. The molecule has 0 bridgehead atoms. The molecule has 0 aliphatic carbocycles. The number of nitrogens with two attached hydrogens (primary N) is 1. The van der Waals surface area contributed by atoms with Gasteiger partial charge in [-0.05, 0) is 25.7 Å². The van der Waals surface area contributed by atoms with Gasteiger partial charge >= 0.3 is 0 Å². The Morgan fingerprint density at radius 1 is 1.05 bits per heavy atom. The molecule has 0 radical (unpaired) electrons. The van der Waals surface area contributed by atoms with Gasteiger partial charge < -0.3 is 26.0 Å². The largest absolute Gasteiger partial charge is 0.481 e. The number of aromatic amines is 1. The molecule has 12 nitrogen and oxygen atoms in total. The molecule has 204 valence electrons. The highest BCUT2D eigenvalue weighted by Crippen LogP contribution is 2.23. The van der Waals surface area contributed by atoms with Crippen LogP contribution in [0.2, 0.25) is 0 Å². The fourth-order valence-corrected chi connectivity index (χ4v) is 4.22. The number of nitrogens with zero attached hydrogens (tertiary/aromatic N) is 3. The van der Waals surface area contributed by atoms with Gasteiger partial charge in [-0.2, -0.15) is 5.10 Å². The molecule has 2 saturated heterocycles. The van der Waals surface area contributed by atoms with Crippen molar-refractivity contribution in [1.29, 1.82) is 0 Å². The van der Waals surface area contributed by atoms with Crippen LogP contribution >= 0.6 is 0 Å². The molecule has 0 unspecified atom stereocenters. The number of carbonyl (C=O) groups is 3. The molecule has 2 aliphatic rings. The minimum Gasteiger partial charge on any atom is -0.481 e. The summed E-state index contributed by atoms with van der Waals surface area (Å²) < 4.78 is 5.49. The van der Waals surface area contributed by atoms with Crippen LogP contribution in [0.3, 0.4) is 0 Å². The van der Waals surface area contributed by atoms with Crippen molar-refractivity contribution < 1.29 is 29.3 Å². The van der Waals surface area contributed by atoms with Gasteiger partial charge in [0.2, 0.25) is 5.91 Å². The van der Waals surface area contributed by atoms with Crippen LogP contribution in [0.25, 0.3) is 11.4 Å². The van der Waals surface area contributed by atoms with E-state index in [-0.39, 0.29) is 17.9 Å². The van der Waals surface area contributed by atoms with Crippen molar-refractivity contribution >= 4 is 17.8 Å². The van der Waals surface area contributed by atoms with E-state index in [4.69, 9.17) is 30.3 Å². The number of nitrogens with one attached hydrogen (secondary N) is 2. The summed E-state index contributed by atoms with van der Waals surface area (Å²) in [6.07, 6.45) is 3.72. The maximum Gasteiger partial charge on any atom is 0.300 e. The second kappa shape index (κ2) is 15.7. The van der Waals surface area contributed by atoms with Gasteiger partial charge in [0, 0.05) is 57.8 Å². The molecule has 2 aromatic rings. The molecule has 0 saturated carbocycles. The average molecular weight is 519 g/mol. The first-order chi connectivity index (χ1) is 17.7. The molecule has 2 aliphatic heterocycles. The fraction of sp³-hybridized carbons (Fsp3) is 0.560. The standard InChI is InChI=1S/C21H30N6O2.2C2H4O2/c22-17-7-6-16(13-27(14-17)18-8-10-29-11-9-18)21(28)23-12-19-24-20(26-25-19)15-4-2-1-3-5-15;2*1-2(3)4/h1-5,16-18H,6-14,22H2,(H,23,28)(H,24,25,26);2*1H3,(H,3,4)/t16-,17+;;/m1../s1. The Bertz CT molecular complexity index is 959. The molecule has 12 heteroatoms. The molecule has 2 fully saturated rings. The minimum absolute atomic E-state index is 0.0529. The van der Waals surface area contributed by atoms with Gasteiger partial charge in [0.25, 0.3) is 11.9 Å². The Kier molecular flexibility index (Phi) is 12.7. The molecule has 4 rings (SSSR count). The Morgan fingerprint density at radius 2 is 1.68 bits per heavy atom. The number of likely N-dealkylation sites (tertiary alicyclic amines) is 1. The van der Waals surface area contributed by atoms with Crippen LogP contribution in [0.15, 0.2) is 30.3 Å². The van der Waals surface area contributed by atoms with Crippen molar-refractivity contribution in [1.82, 2.24) is 25.4 Å². The number of benzene rings is 1. The van der Waals surface area contributed by atoms with Crippen LogP contribution in [-0.2, 0) is 25.7 Å². The van der Waals surface area contributed by atoms with Crippen molar-refractivity contribution in [2.45, 2.75) is 58.2 Å². The Morgan fingerprint density at radius 3 is 2.30 bits per heavy atom. The summed E-state index contributed by atoms with van der Waals surface area (Å²) in [5, 5.41) is 25.0. The third-order valence-electron chi connectivity index (χ3n) is 5.88. The van der Waals surface area contributed by atoms with E-state index in [0.29, 0.717) is 24.2 Å². The number of aromatic nitrogens is 3. The number of carboxylic acids is 2. The Balaban J connectivity index is 0.000000530. The molecule has 1 amide bonds. The van der Waals surface area contributed by atoms with E-state index < -0.39 is 11.9 Å². The SMILES string of the molecule is CC(=O)O.CC(=O)O.N[C@H]1CC[C@@H](C(=O)NCc2nc(-c3ccccc3)n[nH]2)CN(C2CCOCC2)C1. The lowest BCUT2D eigenvalue weighted by molar-refractivity contribution is -0.135. The number of hydrogen-bond donors (Lipinski definition) is 5.